The van der Waals surface area contributed by atoms with Crippen LogP contribution in [0, 0.1) is 0 Å². The topological polar surface area (TPSA) is 46.2 Å². The van der Waals surface area contributed by atoms with Gasteiger partial charge in [-0.1, -0.05) is 0 Å². The molecule has 0 aromatic heterocycles. The highest BCUT2D eigenvalue weighted by molar-refractivity contribution is 5.81. The van der Waals surface area contributed by atoms with Gasteiger partial charge in [0, 0.05) is 18.9 Å². The molecule has 0 aliphatic carbocycles. The van der Waals surface area contributed by atoms with Crippen LogP contribution in [-0.2, 0) is 9.59 Å². The van der Waals surface area contributed by atoms with Gasteiger partial charge in [0.05, 0.1) is 0 Å². The minimum atomic E-state index is 0.0752. The van der Waals surface area contributed by atoms with Crippen molar-refractivity contribution in [2.45, 2.75) is 32.2 Å². The molecule has 0 radical (unpaired) electrons. The zero-order valence-electron chi connectivity index (χ0n) is 6.02. The molecule has 0 aromatic carbocycles. The summed E-state index contributed by atoms with van der Waals surface area (Å²) in [6.45, 7) is 1.55. The van der Waals surface area contributed by atoms with Crippen LogP contribution in [0.5, 0.6) is 0 Å². The van der Waals surface area contributed by atoms with Gasteiger partial charge < -0.3 is 5.32 Å². The molecule has 0 bridgehead atoms. The number of hydrogen-bond acceptors (Lipinski definition) is 2. The molecule has 10 heavy (non-hydrogen) atoms. The van der Waals surface area contributed by atoms with Crippen LogP contribution in [0.25, 0.3) is 0 Å². The van der Waals surface area contributed by atoms with E-state index in [0.29, 0.717) is 12.8 Å². The molecule has 3 nitrogen and oxygen atoms in total. The van der Waals surface area contributed by atoms with Gasteiger partial charge in [0.2, 0.25) is 5.91 Å². The van der Waals surface area contributed by atoms with E-state index in [1.165, 1.54) is 0 Å². The van der Waals surface area contributed by atoms with Gasteiger partial charge in [-0.3, -0.25) is 9.59 Å². The van der Waals surface area contributed by atoms with E-state index in [2.05, 4.69) is 5.32 Å². The van der Waals surface area contributed by atoms with Crippen molar-refractivity contribution in [1.29, 1.82) is 0 Å². The van der Waals surface area contributed by atoms with Crippen LogP contribution < -0.4 is 5.32 Å². The lowest BCUT2D eigenvalue weighted by Gasteiger charge is -2.04. The van der Waals surface area contributed by atoms with E-state index < -0.39 is 0 Å². The predicted octanol–water partition coefficient (Wildman–Crippen LogP) is 0.244. The quantitative estimate of drug-likeness (QED) is 0.599. The summed E-state index contributed by atoms with van der Waals surface area (Å²) < 4.78 is 0. The highest BCUT2D eigenvalue weighted by Gasteiger charge is 2.21. The molecule has 1 aliphatic heterocycles. The zero-order valence-corrected chi connectivity index (χ0v) is 6.02. The SMILES string of the molecule is CC(=O)C[C@H]1CCC(=O)N1. The van der Waals surface area contributed by atoms with Crippen molar-refractivity contribution in [3.8, 4) is 0 Å². The molecule has 1 heterocycles. The summed E-state index contributed by atoms with van der Waals surface area (Å²) in [5, 5.41) is 2.73. The van der Waals surface area contributed by atoms with E-state index in [4.69, 9.17) is 0 Å². The second-order valence-electron chi connectivity index (χ2n) is 2.71. The number of nitrogens with one attached hydrogen (secondary N) is 1. The van der Waals surface area contributed by atoms with Gasteiger partial charge in [-0.05, 0) is 13.3 Å². The Morgan fingerprint density at radius 1 is 1.80 bits per heavy atom. The van der Waals surface area contributed by atoms with Crippen LogP contribution in [0.1, 0.15) is 26.2 Å². The monoisotopic (exact) mass is 141 g/mol. The smallest absolute Gasteiger partial charge is 0.220 e. The van der Waals surface area contributed by atoms with E-state index in [1.54, 1.807) is 6.92 Å². The molecule has 0 spiro atoms. The van der Waals surface area contributed by atoms with E-state index in [9.17, 15) is 9.59 Å². The molecule has 3 heteroatoms. The standard InChI is InChI=1S/C7H11NO2/c1-5(9)4-6-2-3-7(10)8-6/h6H,2-4H2,1H3,(H,8,10)/t6-/m1/s1. The van der Waals surface area contributed by atoms with E-state index in [1.807, 2.05) is 0 Å². The Hall–Kier alpha value is -0.860. The predicted molar refractivity (Wildman–Crippen MR) is 36.5 cm³/mol. The summed E-state index contributed by atoms with van der Waals surface area (Å²) in [5.41, 5.74) is 0. The molecule has 1 N–H and O–H groups in total. The summed E-state index contributed by atoms with van der Waals surface area (Å²) in [7, 11) is 0. The van der Waals surface area contributed by atoms with Gasteiger partial charge in [0.1, 0.15) is 5.78 Å². The van der Waals surface area contributed by atoms with Gasteiger partial charge in [-0.15, -0.1) is 0 Å². The van der Waals surface area contributed by atoms with Crippen LogP contribution in [0.3, 0.4) is 0 Å². The van der Waals surface area contributed by atoms with Crippen molar-refractivity contribution in [3.05, 3.63) is 0 Å². The molecular formula is C7H11NO2. The number of ketones is 1. The largest absolute Gasteiger partial charge is 0.353 e. The van der Waals surface area contributed by atoms with Gasteiger partial charge in [0.15, 0.2) is 0 Å². The average molecular weight is 141 g/mol. The number of rotatable bonds is 2. The summed E-state index contributed by atoms with van der Waals surface area (Å²) in [6, 6.07) is 0.116. The number of carbonyl (C=O) groups is 2. The van der Waals surface area contributed by atoms with Crippen molar-refractivity contribution in [2.75, 3.05) is 0 Å². The van der Waals surface area contributed by atoms with Crippen LogP contribution in [0.4, 0.5) is 0 Å². The molecule has 1 atom stereocenters. The Morgan fingerprint density at radius 3 is 2.90 bits per heavy atom. The molecule has 1 amide bonds. The van der Waals surface area contributed by atoms with E-state index in [-0.39, 0.29) is 17.7 Å². The van der Waals surface area contributed by atoms with Crippen molar-refractivity contribution >= 4 is 11.7 Å². The lowest BCUT2D eigenvalue weighted by molar-refractivity contribution is -0.119. The van der Waals surface area contributed by atoms with Gasteiger partial charge >= 0.3 is 0 Å². The van der Waals surface area contributed by atoms with Crippen molar-refractivity contribution < 1.29 is 9.59 Å². The van der Waals surface area contributed by atoms with Crippen LogP contribution in [-0.4, -0.2) is 17.7 Å². The van der Waals surface area contributed by atoms with Crippen LogP contribution in [0.15, 0.2) is 0 Å². The first-order valence-electron chi connectivity index (χ1n) is 3.47. The molecule has 1 aliphatic rings. The number of carbonyl (C=O) groups excluding carboxylic acids is 2. The molecule has 56 valence electrons. The first-order valence-corrected chi connectivity index (χ1v) is 3.47. The first kappa shape index (κ1) is 7.25. The summed E-state index contributed by atoms with van der Waals surface area (Å²) in [5.74, 6) is 0.221. The number of hydrogen-bond donors (Lipinski definition) is 1. The van der Waals surface area contributed by atoms with Crippen molar-refractivity contribution in [2.24, 2.45) is 0 Å². The molecule has 0 saturated carbocycles. The maximum absolute atomic E-state index is 10.6. The molecule has 1 rings (SSSR count). The Kier molecular flexibility index (Phi) is 2.04. The van der Waals surface area contributed by atoms with Gasteiger partial charge in [0.25, 0.3) is 0 Å². The van der Waals surface area contributed by atoms with Crippen LogP contribution in [0.2, 0.25) is 0 Å². The highest BCUT2D eigenvalue weighted by Crippen LogP contribution is 2.09. The zero-order chi connectivity index (χ0) is 7.56. The molecule has 1 fully saturated rings. The van der Waals surface area contributed by atoms with Crippen molar-refractivity contribution in [1.82, 2.24) is 5.32 Å². The Morgan fingerprint density at radius 2 is 2.50 bits per heavy atom. The third kappa shape index (κ3) is 1.83. The maximum Gasteiger partial charge on any atom is 0.220 e. The average Bonchev–Trinajstić information content (AvgIpc) is 2.13. The Balaban J connectivity index is 2.31. The fourth-order valence-corrected chi connectivity index (χ4v) is 1.18. The lowest BCUT2D eigenvalue weighted by Crippen LogP contribution is -2.26. The normalized spacial score (nSPS) is 24.5. The fraction of sp³-hybridized carbons (Fsp3) is 0.714. The minimum Gasteiger partial charge on any atom is -0.353 e. The second kappa shape index (κ2) is 2.82. The fourth-order valence-electron chi connectivity index (χ4n) is 1.18. The minimum absolute atomic E-state index is 0.0752. The summed E-state index contributed by atoms with van der Waals surface area (Å²) in [6.07, 6.45) is 1.89. The lowest BCUT2D eigenvalue weighted by atomic mass is 10.1. The number of amides is 1. The summed E-state index contributed by atoms with van der Waals surface area (Å²) in [4.78, 5) is 21.2. The Bertz CT molecular complexity index is 165. The third-order valence-electron chi connectivity index (χ3n) is 1.62. The first-order chi connectivity index (χ1) is 4.68. The van der Waals surface area contributed by atoms with Crippen LogP contribution >= 0.6 is 0 Å². The van der Waals surface area contributed by atoms with Gasteiger partial charge in [-0.25, -0.2) is 0 Å². The molecule has 0 aromatic rings. The van der Waals surface area contributed by atoms with E-state index in [0.717, 1.165) is 6.42 Å². The molecular weight excluding hydrogens is 130 g/mol. The molecule has 1 saturated heterocycles. The highest BCUT2D eigenvalue weighted by atomic mass is 16.2. The molecule has 0 unspecified atom stereocenters. The third-order valence-corrected chi connectivity index (χ3v) is 1.62. The van der Waals surface area contributed by atoms with Crippen molar-refractivity contribution in [3.63, 3.8) is 0 Å². The second-order valence-corrected chi connectivity index (χ2v) is 2.71. The van der Waals surface area contributed by atoms with Gasteiger partial charge in [-0.2, -0.15) is 0 Å². The Labute approximate surface area is 59.8 Å². The van der Waals surface area contributed by atoms with E-state index >= 15 is 0 Å². The number of Topliss-reactive ketones (excluding diaryl/α,β-unsaturated/α-hetero) is 1. The maximum atomic E-state index is 10.6. The summed E-state index contributed by atoms with van der Waals surface area (Å²) >= 11 is 0.